The Morgan fingerprint density at radius 1 is 1.58 bits per heavy atom. The van der Waals surface area contributed by atoms with Crippen LogP contribution in [-0.2, 0) is 0 Å². The first-order valence-electron chi connectivity index (χ1n) is 3.30. The van der Waals surface area contributed by atoms with Crippen LogP contribution in [0, 0.1) is 24.0 Å². The highest BCUT2D eigenvalue weighted by Crippen LogP contribution is 2.29. The zero-order valence-corrected chi connectivity index (χ0v) is 8.25. The molecule has 0 fully saturated rings. The highest BCUT2D eigenvalue weighted by molar-refractivity contribution is 9.10. The van der Waals surface area contributed by atoms with Crippen molar-refractivity contribution in [2.75, 3.05) is 0 Å². The maximum atomic E-state index is 10.5. The van der Waals surface area contributed by atoms with E-state index >= 15 is 0 Å². The Balaban J connectivity index is 3.43. The second-order valence-electron chi connectivity index (χ2n) is 2.45. The van der Waals surface area contributed by atoms with Crippen LogP contribution in [-0.4, -0.2) is 9.91 Å². The topological polar surface area (TPSA) is 56.0 Å². The molecule has 1 aromatic heterocycles. The van der Waals surface area contributed by atoms with Gasteiger partial charge in [-0.05, 0) is 29.8 Å². The van der Waals surface area contributed by atoms with Crippen LogP contribution in [0.4, 0.5) is 5.69 Å². The van der Waals surface area contributed by atoms with E-state index in [9.17, 15) is 10.1 Å². The molecule has 0 amide bonds. The van der Waals surface area contributed by atoms with Gasteiger partial charge in [-0.25, -0.2) is 0 Å². The van der Waals surface area contributed by atoms with E-state index in [4.69, 9.17) is 0 Å². The number of aromatic nitrogens is 1. The molecular weight excluding hydrogens is 224 g/mol. The molecule has 0 bridgehead atoms. The second kappa shape index (κ2) is 3.18. The average Bonchev–Trinajstić information content (AvgIpc) is 1.97. The molecule has 1 aromatic rings. The molecular formula is C7H7BrN2O2. The third-order valence-corrected chi connectivity index (χ3v) is 2.48. The van der Waals surface area contributed by atoms with Crippen LogP contribution in [0.5, 0.6) is 0 Å². The van der Waals surface area contributed by atoms with E-state index in [1.54, 1.807) is 13.8 Å². The predicted molar refractivity (Wildman–Crippen MR) is 48.1 cm³/mol. The van der Waals surface area contributed by atoms with Gasteiger partial charge in [0.15, 0.2) is 0 Å². The van der Waals surface area contributed by atoms with Gasteiger partial charge >= 0.3 is 0 Å². The van der Waals surface area contributed by atoms with E-state index in [1.165, 1.54) is 6.20 Å². The molecule has 0 aliphatic carbocycles. The van der Waals surface area contributed by atoms with Crippen LogP contribution in [0.2, 0.25) is 0 Å². The summed E-state index contributed by atoms with van der Waals surface area (Å²) in [5.74, 6) is 0. The average molecular weight is 231 g/mol. The van der Waals surface area contributed by atoms with Crippen molar-refractivity contribution < 1.29 is 4.92 Å². The van der Waals surface area contributed by atoms with E-state index in [1.807, 2.05) is 0 Å². The molecule has 0 saturated heterocycles. The third kappa shape index (κ3) is 1.45. The van der Waals surface area contributed by atoms with Crippen LogP contribution in [0.1, 0.15) is 11.3 Å². The van der Waals surface area contributed by atoms with Gasteiger partial charge < -0.3 is 0 Å². The predicted octanol–water partition coefficient (Wildman–Crippen LogP) is 2.37. The summed E-state index contributed by atoms with van der Waals surface area (Å²) in [6, 6.07) is 0. The lowest BCUT2D eigenvalue weighted by Crippen LogP contribution is -1.96. The quantitative estimate of drug-likeness (QED) is 0.550. The minimum atomic E-state index is -0.409. The summed E-state index contributed by atoms with van der Waals surface area (Å²) in [5, 5.41) is 10.5. The van der Waals surface area contributed by atoms with Gasteiger partial charge in [0.25, 0.3) is 5.69 Å². The van der Waals surface area contributed by atoms with Crippen LogP contribution < -0.4 is 0 Å². The minimum absolute atomic E-state index is 0.0995. The number of pyridine rings is 1. The van der Waals surface area contributed by atoms with Crippen molar-refractivity contribution >= 4 is 21.6 Å². The third-order valence-electron chi connectivity index (χ3n) is 1.53. The molecule has 1 heterocycles. The Hall–Kier alpha value is -0.970. The standard InChI is InChI=1S/C7H7BrN2O2/c1-4-3-9-5(2)6(8)7(4)10(11)12/h3H,1-2H3. The molecule has 1 rings (SSSR count). The van der Waals surface area contributed by atoms with E-state index < -0.39 is 4.92 Å². The van der Waals surface area contributed by atoms with E-state index in [-0.39, 0.29) is 5.69 Å². The smallest absolute Gasteiger partial charge is 0.260 e. The number of hydrogen-bond acceptors (Lipinski definition) is 3. The molecule has 0 aromatic carbocycles. The summed E-state index contributed by atoms with van der Waals surface area (Å²) in [6.45, 7) is 3.38. The first-order chi connectivity index (χ1) is 5.54. The number of aryl methyl sites for hydroxylation is 2. The number of nitrogens with zero attached hydrogens (tertiary/aromatic N) is 2. The SMILES string of the molecule is Cc1cnc(C)c(Br)c1[N+](=O)[O-]. The molecule has 4 nitrogen and oxygen atoms in total. The summed E-state index contributed by atoms with van der Waals surface area (Å²) in [4.78, 5) is 14.1. The van der Waals surface area contributed by atoms with Gasteiger partial charge in [0, 0.05) is 11.8 Å². The number of nitro groups is 1. The summed E-state index contributed by atoms with van der Waals surface area (Å²) >= 11 is 3.13. The van der Waals surface area contributed by atoms with Crippen LogP contribution in [0.3, 0.4) is 0 Å². The van der Waals surface area contributed by atoms with Crippen molar-refractivity contribution in [1.29, 1.82) is 0 Å². The van der Waals surface area contributed by atoms with Crippen molar-refractivity contribution in [2.45, 2.75) is 13.8 Å². The minimum Gasteiger partial charge on any atom is -0.260 e. The van der Waals surface area contributed by atoms with Crippen molar-refractivity contribution in [1.82, 2.24) is 4.98 Å². The molecule has 0 N–H and O–H groups in total. The fourth-order valence-electron chi connectivity index (χ4n) is 0.880. The highest BCUT2D eigenvalue weighted by Gasteiger charge is 2.17. The van der Waals surface area contributed by atoms with Gasteiger partial charge in [-0.1, -0.05) is 0 Å². The van der Waals surface area contributed by atoms with Crippen molar-refractivity contribution in [2.24, 2.45) is 0 Å². The molecule has 0 saturated carbocycles. The highest BCUT2D eigenvalue weighted by atomic mass is 79.9. The van der Waals surface area contributed by atoms with Crippen LogP contribution in [0.25, 0.3) is 0 Å². The van der Waals surface area contributed by atoms with Gasteiger partial charge in [-0.2, -0.15) is 0 Å². The molecule has 0 radical (unpaired) electrons. The first kappa shape index (κ1) is 9.12. The Morgan fingerprint density at radius 2 is 2.17 bits per heavy atom. The van der Waals surface area contributed by atoms with Crippen LogP contribution in [0.15, 0.2) is 10.7 Å². The number of rotatable bonds is 1. The van der Waals surface area contributed by atoms with E-state index in [0.717, 1.165) is 0 Å². The summed E-state index contributed by atoms with van der Waals surface area (Å²) in [7, 11) is 0. The number of halogens is 1. The lowest BCUT2D eigenvalue weighted by atomic mass is 10.2. The monoisotopic (exact) mass is 230 g/mol. The van der Waals surface area contributed by atoms with Crippen molar-refractivity contribution in [3.8, 4) is 0 Å². The van der Waals surface area contributed by atoms with Gasteiger partial charge in [0.05, 0.1) is 10.6 Å². The van der Waals surface area contributed by atoms with Gasteiger partial charge in [0.2, 0.25) is 0 Å². The maximum Gasteiger partial charge on any atom is 0.289 e. The first-order valence-corrected chi connectivity index (χ1v) is 4.09. The molecule has 5 heteroatoms. The van der Waals surface area contributed by atoms with E-state index in [2.05, 4.69) is 20.9 Å². The molecule has 0 unspecified atom stereocenters. The lowest BCUT2D eigenvalue weighted by molar-refractivity contribution is -0.386. The zero-order chi connectivity index (χ0) is 9.30. The zero-order valence-electron chi connectivity index (χ0n) is 6.67. The normalized spacial score (nSPS) is 9.92. The van der Waals surface area contributed by atoms with E-state index in [0.29, 0.717) is 15.7 Å². The Bertz CT molecular complexity index is 338. The lowest BCUT2D eigenvalue weighted by Gasteiger charge is -2.00. The van der Waals surface area contributed by atoms with Crippen molar-refractivity contribution in [3.63, 3.8) is 0 Å². The summed E-state index contributed by atoms with van der Waals surface area (Å²) in [6.07, 6.45) is 1.50. The molecule has 0 spiro atoms. The molecule has 0 atom stereocenters. The fourth-order valence-corrected chi connectivity index (χ4v) is 1.44. The Kier molecular flexibility index (Phi) is 2.42. The van der Waals surface area contributed by atoms with Gasteiger partial charge in [-0.3, -0.25) is 15.1 Å². The second-order valence-corrected chi connectivity index (χ2v) is 3.24. The maximum absolute atomic E-state index is 10.5. The summed E-state index contributed by atoms with van der Waals surface area (Å²) < 4.78 is 0.465. The fraction of sp³-hybridized carbons (Fsp3) is 0.286. The Morgan fingerprint density at radius 3 is 2.58 bits per heavy atom. The molecule has 12 heavy (non-hydrogen) atoms. The van der Waals surface area contributed by atoms with Crippen LogP contribution >= 0.6 is 15.9 Å². The van der Waals surface area contributed by atoms with Gasteiger partial charge in [0.1, 0.15) is 4.47 Å². The Labute approximate surface area is 77.9 Å². The molecule has 64 valence electrons. The van der Waals surface area contributed by atoms with Crippen molar-refractivity contribution in [3.05, 3.63) is 32.0 Å². The molecule has 0 aliphatic heterocycles. The summed E-state index contributed by atoms with van der Waals surface area (Å²) in [5.41, 5.74) is 1.30. The molecule has 0 aliphatic rings. The number of hydrogen-bond donors (Lipinski definition) is 0. The van der Waals surface area contributed by atoms with Gasteiger partial charge in [-0.15, -0.1) is 0 Å². The largest absolute Gasteiger partial charge is 0.289 e.